The summed E-state index contributed by atoms with van der Waals surface area (Å²) in [6.07, 6.45) is 1.15. The molecule has 1 aromatic carbocycles. The monoisotopic (exact) mass is 202 g/mol. The van der Waals surface area contributed by atoms with E-state index in [1.807, 2.05) is 19.1 Å². The van der Waals surface area contributed by atoms with Crippen molar-refractivity contribution in [3.8, 4) is 6.07 Å². The Hall–Kier alpha value is -1.49. The maximum Gasteiger partial charge on any atom is 0.0994 e. The van der Waals surface area contributed by atoms with Crippen LogP contribution in [0, 0.1) is 18.3 Å². The van der Waals surface area contributed by atoms with Gasteiger partial charge < -0.3 is 4.90 Å². The minimum atomic E-state index is 0.770. The highest BCUT2D eigenvalue weighted by Gasteiger charge is 2.04. The molecule has 0 aliphatic rings. The van der Waals surface area contributed by atoms with Crippen molar-refractivity contribution in [2.45, 2.75) is 27.2 Å². The molecule has 1 rings (SSSR count). The highest BCUT2D eigenvalue weighted by atomic mass is 15.1. The topological polar surface area (TPSA) is 27.0 Å². The largest absolute Gasteiger partial charge is 0.372 e. The molecule has 0 aliphatic carbocycles. The first-order valence-corrected chi connectivity index (χ1v) is 5.48. The van der Waals surface area contributed by atoms with E-state index >= 15 is 0 Å². The van der Waals surface area contributed by atoms with Gasteiger partial charge in [-0.15, -0.1) is 0 Å². The van der Waals surface area contributed by atoms with Crippen LogP contribution in [0.5, 0.6) is 0 Å². The van der Waals surface area contributed by atoms with Crippen LogP contribution < -0.4 is 4.90 Å². The fraction of sp³-hybridized carbons (Fsp3) is 0.462. The molecule has 0 unspecified atom stereocenters. The van der Waals surface area contributed by atoms with E-state index in [2.05, 4.69) is 30.9 Å². The Balaban J connectivity index is 2.95. The molecule has 2 nitrogen and oxygen atoms in total. The van der Waals surface area contributed by atoms with E-state index in [1.165, 1.54) is 5.69 Å². The average Bonchev–Trinajstić information content (AvgIpc) is 2.25. The van der Waals surface area contributed by atoms with E-state index < -0.39 is 0 Å². The summed E-state index contributed by atoms with van der Waals surface area (Å²) in [5.41, 5.74) is 3.05. The van der Waals surface area contributed by atoms with Gasteiger partial charge in [0, 0.05) is 18.8 Å². The van der Waals surface area contributed by atoms with Crippen LogP contribution in [0.4, 0.5) is 5.69 Å². The van der Waals surface area contributed by atoms with Gasteiger partial charge in [-0.2, -0.15) is 5.26 Å². The molecular formula is C13H18N2. The molecule has 0 saturated carbocycles. The van der Waals surface area contributed by atoms with Crippen LogP contribution in [-0.4, -0.2) is 13.1 Å². The number of nitrogens with zero attached hydrogens (tertiary/aromatic N) is 2. The second kappa shape index (κ2) is 5.41. The molecule has 15 heavy (non-hydrogen) atoms. The van der Waals surface area contributed by atoms with Crippen LogP contribution in [0.2, 0.25) is 0 Å². The summed E-state index contributed by atoms with van der Waals surface area (Å²) < 4.78 is 0. The van der Waals surface area contributed by atoms with E-state index in [1.54, 1.807) is 0 Å². The number of hydrogen-bond acceptors (Lipinski definition) is 2. The van der Waals surface area contributed by atoms with Crippen molar-refractivity contribution in [3.63, 3.8) is 0 Å². The van der Waals surface area contributed by atoms with Gasteiger partial charge in [0.25, 0.3) is 0 Å². The van der Waals surface area contributed by atoms with E-state index in [4.69, 9.17) is 5.26 Å². The Kier molecular flexibility index (Phi) is 4.17. The second-order valence-corrected chi connectivity index (χ2v) is 3.69. The molecule has 0 atom stereocenters. The van der Waals surface area contributed by atoms with Crippen molar-refractivity contribution in [2.75, 3.05) is 18.0 Å². The molecule has 0 saturated heterocycles. The highest BCUT2D eigenvalue weighted by molar-refractivity contribution is 5.53. The molecule has 2 heteroatoms. The van der Waals surface area contributed by atoms with Crippen molar-refractivity contribution in [1.82, 2.24) is 0 Å². The molecule has 80 valence electrons. The Labute approximate surface area is 92.1 Å². The van der Waals surface area contributed by atoms with E-state index in [0.717, 1.165) is 30.6 Å². The van der Waals surface area contributed by atoms with E-state index in [0.29, 0.717) is 0 Å². The van der Waals surface area contributed by atoms with E-state index in [-0.39, 0.29) is 0 Å². The first-order valence-electron chi connectivity index (χ1n) is 5.48. The molecular weight excluding hydrogens is 184 g/mol. The normalized spacial score (nSPS) is 9.73. The van der Waals surface area contributed by atoms with Crippen LogP contribution in [0.25, 0.3) is 0 Å². The molecule has 0 fully saturated rings. The average molecular weight is 202 g/mol. The van der Waals surface area contributed by atoms with Gasteiger partial charge in [-0.3, -0.25) is 0 Å². The number of benzene rings is 1. The third-order valence-electron chi connectivity index (χ3n) is 2.57. The predicted octanol–water partition coefficient (Wildman–Crippen LogP) is 3.10. The summed E-state index contributed by atoms with van der Waals surface area (Å²) in [6.45, 7) is 8.41. The van der Waals surface area contributed by atoms with Crippen molar-refractivity contribution in [3.05, 3.63) is 29.3 Å². The predicted molar refractivity (Wildman–Crippen MR) is 64.1 cm³/mol. The second-order valence-electron chi connectivity index (χ2n) is 3.69. The Morgan fingerprint density at radius 2 is 2.07 bits per heavy atom. The molecule has 0 radical (unpaired) electrons. The van der Waals surface area contributed by atoms with Crippen molar-refractivity contribution < 1.29 is 0 Å². The van der Waals surface area contributed by atoms with Gasteiger partial charge in [0.1, 0.15) is 0 Å². The minimum absolute atomic E-state index is 0.770. The fourth-order valence-corrected chi connectivity index (χ4v) is 1.71. The van der Waals surface area contributed by atoms with Gasteiger partial charge in [-0.05, 0) is 44.0 Å². The van der Waals surface area contributed by atoms with Crippen LogP contribution in [0.15, 0.2) is 18.2 Å². The number of hydrogen-bond donors (Lipinski definition) is 0. The fourth-order valence-electron chi connectivity index (χ4n) is 1.71. The lowest BCUT2D eigenvalue weighted by atomic mass is 10.1. The summed E-state index contributed by atoms with van der Waals surface area (Å²) in [5.74, 6) is 0. The number of aryl methyl sites for hydroxylation is 1. The van der Waals surface area contributed by atoms with Crippen LogP contribution in [0.3, 0.4) is 0 Å². The molecule has 0 aromatic heterocycles. The van der Waals surface area contributed by atoms with Gasteiger partial charge in [-0.1, -0.05) is 6.92 Å². The Morgan fingerprint density at radius 3 is 2.53 bits per heavy atom. The van der Waals surface area contributed by atoms with Gasteiger partial charge in [0.15, 0.2) is 0 Å². The van der Waals surface area contributed by atoms with Gasteiger partial charge in [0.2, 0.25) is 0 Å². The Bertz CT molecular complexity index is 363. The zero-order valence-electron chi connectivity index (χ0n) is 9.75. The number of nitriles is 1. The molecule has 0 heterocycles. The Morgan fingerprint density at radius 1 is 1.33 bits per heavy atom. The zero-order chi connectivity index (χ0) is 11.3. The van der Waals surface area contributed by atoms with Gasteiger partial charge in [0.05, 0.1) is 11.6 Å². The third kappa shape index (κ3) is 2.73. The standard InChI is InChI=1S/C13H18N2/c1-4-8-15(5-2)13-7-6-12(10-14)11(3)9-13/h6-7,9H,4-5,8H2,1-3H3. The molecule has 0 bridgehead atoms. The number of rotatable bonds is 4. The lowest BCUT2D eigenvalue weighted by Crippen LogP contribution is -2.23. The molecule has 0 amide bonds. The molecule has 0 N–H and O–H groups in total. The first-order chi connectivity index (χ1) is 7.22. The van der Waals surface area contributed by atoms with E-state index in [9.17, 15) is 0 Å². The van der Waals surface area contributed by atoms with Crippen molar-refractivity contribution in [2.24, 2.45) is 0 Å². The zero-order valence-corrected chi connectivity index (χ0v) is 9.75. The summed E-state index contributed by atoms with van der Waals surface area (Å²) in [6, 6.07) is 8.23. The van der Waals surface area contributed by atoms with Crippen LogP contribution >= 0.6 is 0 Å². The summed E-state index contributed by atoms with van der Waals surface area (Å²) in [4.78, 5) is 2.33. The van der Waals surface area contributed by atoms with Crippen LogP contribution in [0.1, 0.15) is 31.4 Å². The third-order valence-corrected chi connectivity index (χ3v) is 2.57. The minimum Gasteiger partial charge on any atom is -0.372 e. The van der Waals surface area contributed by atoms with Crippen molar-refractivity contribution >= 4 is 5.69 Å². The molecule has 1 aromatic rings. The SMILES string of the molecule is CCCN(CC)c1ccc(C#N)c(C)c1. The first kappa shape index (κ1) is 11.6. The maximum absolute atomic E-state index is 8.84. The van der Waals surface area contributed by atoms with Gasteiger partial charge in [-0.25, -0.2) is 0 Å². The lowest BCUT2D eigenvalue weighted by Gasteiger charge is -2.22. The van der Waals surface area contributed by atoms with Crippen LogP contribution in [-0.2, 0) is 0 Å². The molecule has 0 aliphatic heterocycles. The summed E-state index contributed by atoms with van der Waals surface area (Å²) >= 11 is 0. The highest BCUT2D eigenvalue weighted by Crippen LogP contribution is 2.18. The quantitative estimate of drug-likeness (QED) is 0.750. The summed E-state index contributed by atoms with van der Waals surface area (Å²) in [5, 5.41) is 8.84. The molecule has 0 spiro atoms. The number of anilines is 1. The van der Waals surface area contributed by atoms with Gasteiger partial charge >= 0.3 is 0 Å². The summed E-state index contributed by atoms with van der Waals surface area (Å²) in [7, 11) is 0. The smallest absolute Gasteiger partial charge is 0.0994 e. The maximum atomic E-state index is 8.84. The van der Waals surface area contributed by atoms with Crippen molar-refractivity contribution in [1.29, 1.82) is 5.26 Å². The lowest BCUT2D eigenvalue weighted by molar-refractivity contribution is 0.791.